The van der Waals surface area contributed by atoms with Gasteiger partial charge >= 0.3 is 0 Å². The van der Waals surface area contributed by atoms with Crippen molar-refractivity contribution in [3.8, 4) is 0 Å². The lowest BCUT2D eigenvalue weighted by atomic mass is 10.2. The molecule has 1 N–H and O–H groups in total. The van der Waals surface area contributed by atoms with Crippen LogP contribution in [0.4, 0.5) is 5.69 Å². The summed E-state index contributed by atoms with van der Waals surface area (Å²) in [6, 6.07) is 13.2. The first kappa shape index (κ1) is 20.9. The third kappa shape index (κ3) is 4.78. The van der Waals surface area contributed by atoms with Gasteiger partial charge in [-0.15, -0.1) is 0 Å². The molecule has 0 spiro atoms. The summed E-state index contributed by atoms with van der Waals surface area (Å²) in [5.74, 6) is -0.269. The maximum atomic E-state index is 12.7. The molecule has 2 aromatic rings. The Labute approximate surface area is 175 Å². The third-order valence-electron chi connectivity index (χ3n) is 4.60. The molecule has 1 amide bonds. The van der Waals surface area contributed by atoms with Gasteiger partial charge in [0.2, 0.25) is 15.9 Å². The lowest BCUT2D eigenvalue weighted by molar-refractivity contribution is -0.132. The molecule has 2 aromatic carbocycles. The molecule has 1 aliphatic rings. The van der Waals surface area contributed by atoms with Gasteiger partial charge in [0.25, 0.3) is 0 Å². The molecule has 0 saturated carbocycles. The van der Waals surface area contributed by atoms with Crippen LogP contribution in [0, 0.1) is 0 Å². The van der Waals surface area contributed by atoms with Crippen LogP contribution in [-0.2, 0) is 14.8 Å². The minimum absolute atomic E-state index is 0.0491. The summed E-state index contributed by atoms with van der Waals surface area (Å²) in [6.45, 7) is 3.96. The average Bonchev–Trinajstić information content (AvgIpc) is 2.69. The Balaban J connectivity index is 1.63. The van der Waals surface area contributed by atoms with Gasteiger partial charge in [-0.1, -0.05) is 41.4 Å². The van der Waals surface area contributed by atoms with Crippen molar-refractivity contribution >= 4 is 44.8 Å². The topological polar surface area (TPSA) is 69.7 Å². The normalized spacial score (nSPS) is 16.1. The lowest BCUT2D eigenvalue weighted by Gasteiger charge is -2.37. The average molecular weight is 442 g/mol. The van der Waals surface area contributed by atoms with E-state index in [1.54, 1.807) is 4.90 Å². The first-order valence-corrected chi connectivity index (χ1v) is 11.1. The first-order valence-electron chi connectivity index (χ1n) is 8.84. The molecular formula is C19H21Cl2N3O3S. The molecule has 0 unspecified atom stereocenters. The summed E-state index contributed by atoms with van der Waals surface area (Å²) < 4.78 is 27.6. The van der Waals surface area contributed by atoms with Gasteiger partial charge in [0, 0.05) is 36.9 Å². The molecule has 3 rings (SSSR count). The van der Waals surface area contributed by atoms with Crippen LogP contribution < -0.4 is 9.62 Å². The molecule has 1 heterocycles. The summed E-state index contributed by atoms with van der Waals surface area (Å²) in [7, 11) is -3.97. The van der Waals surface area contributed by atoms with E-state index in [-0.39, 0.29) is 20.8 Å². The number of rotatable bonds is 5. The largest absolute Gasteiger partial charge is 0.368 e. The Morgan fingerprint density at radius 2 is 1.68 bits per heavy atom. The van der Waals surface area contributed by atoms with Gasteiger partial charge in [-0.25, -0.2) is 8.42 Å². The smallest absolute Gasteiger partial charge is 0.242 e. The number of hydrogen-bond acceptors (Lipinski definition) is 4. The summed E-state index contributed by atoms with van der Waals surface area (Å²) in [4.78, 5) is 16.5. The summed E-state index contributed by atoms with van der Waals surface area (Å²) >= 11 is 11.9. The second-order valence-corrected chi connectivity index (χ2v) is 9.09. The van der Waals surface area contributed by atoms with Crippen molar-refractivity contribution < 1.29 is 13.2 Å². The highest BCUT2D eigenvalue weighted by Crippen LogP contribution is 2.25. The van der Waals surface area contributed by atoms with Crippen molar-refractivity contribution in [2.24, 2.45) is 0 Å². The Hall–Kier alpha value is -1.80. The van der Waals surface area contributed by atoms with Crippen LogP contribution in [-0.4, -0.2) is 51.4 Å². The Kier molecular flexibility index (Phi) is 6.50. The quantitative estimate of drug-likeness (QED) is 0.773. The number of para-hydroxylation sites is 1. The minimum Gasteiger partial charge on any atom is -0.368 e. The standard InChI is InChI=1S/C19H21Cl2N3O3S/c1-14(22-28(26,27)18-13-15(20)7-8-17(18)21)19(25)24-11-9-23(10-12-24)16-5-3-2-4-6-16/h2-8,13-14,22H,9-12H2,1H3/t14-/m1/s1. The van der Waals surface area contributed by atoms with Crippen molar-refractivity contribution in [2.75, 3.05) is 31.1 Å². The molecule has 0 bridgehead atoms. The number of carbonyl (C=O) groups excluding carboxylic acids is 1. The number of piperazine rings is 1. The van der Waals surface area contributed by atoms with E-state index in [1.807, 2.05) is 30.3 Å². The SMILES string of the molecule is C[C@@H](NS(=O)(=O)c1cc(Cl)ccc1Cl)C(=O)N1CCN(c2ccccc2)CC1. The molecule has 1 aliphatic heterocycles. The van der Waals surface area contributed by atoms with Crippen LogP contribution in [0.15, 0.2) is 53.4 Å². The number of carbonyl (C=O) groups is 1. The number of hydrogen-bond donors (Lipinski definition) is 1. The number of nitrogens with one attached hydrogen (secondary N) is 1. The molecule has 6 nitrogen and oxygen atoms in total. The van der Waals surface area contributed by atoms with E-state index in [0.29, 0.717) is 26.2 Å². The monoisotopic (exact) mass is 441 g/mol. The Morgan fingerprint density at radius 3 is 2.32 bits per heavy atom. The lowest BCUT2D eigenvalue weighted by Crippen LogP contribution is -2.54. The molecule has 150 valence electrons. The summed E-state index contributed by atoms with van der Waals surface area (Å²) in [6.07, 6.45) is 0. The summed E-state index contributed by atoms with van der Waals surface area (Å²) in [5, 5.41) is 0.300. The molecule has 0 aromatic heterocycles. The Morgan fingerprint density at radius 1 is 1.04 bits per heavy atom. The van der Waals surface area contributed by atoms with Crippen molar-refractivity contribution in [2.45, 2.75) is 17.9 Å². The maximum Gasteiger partial charge on any atom is 0.242 e. The van der Waals surface area contributed by atoms with Crippen LogP contribution >= 0.6 is 23.2 Å². The number of halogens is 2. The molecule has 28 heavy (non-hydrogen) atoms. The third-order valence-corrected chi connectivity index (χ3v) is 6.86. The predicted molar refractivity (Wildman–Crippen MR) is 111 cm³/mol. The fourth-order valence-electron chi connectivity index (χ4n) is 3.13. The van der Waals surface area contributed by atoms with Crippen LogP contribution in [0.2, 0.25) is 10.0 Å². The number of sulfonamides is 1. The number of benzene rings is 2. The zero-order chi connectivity index (χ0) is 20.3. The molecule has 1 atom stereocenters. The van der Waals surface area contributed by atoms with Gasteiger partial charge in [-0.05, 0) is 37.3 Å². The van der Waals surface area contributed by atoms with E-state index in [1.165, 1.54) is 25.1 Å². The van der Waals surface area contributed by atoms with E-state index in [0.717, 1.165) is 5.69 Å². The van der Waals surface area contributed by atoms with Gasteiger partial charge in [0.15, 0.2) is 0 Å². The molecule has 0 radical (unpaired) electrons. The predicted octanol–water partition coefficient (Wildman–Crippen LogP) is 3.01. The van der Waals surface area contributed by atoms with Gasteiger partial charge in [0.1, 0.15) is 4.90 Å². The van der Waals surface area contributed by atoms with E-state index < -0.39 is 16.1 Å². The van der Waals surface area contributed by atoms with Crippen molar-refractivity contribution in [3.05, 3.63) is 58.6 Å². The zero-order valence-corrected chi connectivity index (χ0v) is 17.6. The molecule has 0 aliphatic carbocycles. The molecule has 1 saturated heterocycles. The fraction of sp³-hybridized carbons (Fsp3) is 0.316. The van der Waals surface area contributed by atoms with Crippen molar-refractivity contribution in [3.63, 3.8) is 0 Å². The number of amides is 1. The van der Waals surface area contributed by atoms with Gasteiger partial charge in [0.05, 0.1) is 11.1 Å². The van der Waals surface area contributed by atoms with E-state index in [2.05, 4.69) is 9.62 Å². The fourth-order valence-corrected chi connectivity index (χ4v) is 5.09. The second kappa shape index (κ2) is 8.69. The van der Waals surface area contributed by atoms with Crippen LogP contribution in [0.3, 0.4) is 0 Å². The van der Waals surface area contributed by atoms with Gasteiger partial charge in [-0.3, -0.25) is 4.79 Å². The highest BCUT2D eigenvalue weighted by atomic mass is 35.5. The van der Waals surface area contributed by atoms with E-state index >= 15 is 0 Å². The second-order valence-electron chi connectivity index (χ2n) is 6.57. The minimum atomic E-state index is -3.97. The van der Waals surface area contributed by atoms with Crippen LogP contribution in [0.5, 0.6) is 0 Å². The molecule has 9 heteroatoms. The number of nitrogens with zero attached hydrogens (tertiary/aromatic N) is 2. The highest BCUT2D eigenvalue weighted by molar-refractivity contribution is 7.89. The van der Waals surface area contributed by atoms with Crippen molar-refractivity contribution in [1.29, 1.82) is 0 Å². The molecular weight excluding hydrogens is 421 g/mol. The maximum absolute atomic E-state index is 12.7. The van der Waals surface area contributed by atoms with Gasteiger partial charge in [-0.2, -0.15) is 4.72 Å². The van der Waals surface area contributed by atoms with Crippen LogP contribution in [0.25, 0.3) is 0 Å². The van der Waals surface area contributed by atoms with E-state index in [4.69, 9.17) is 23.2 Å². The Bertz CT molecular complexity index is 946. The first-order chi connectivity index (χ1) is 13.3. The zero-order valence-electron chi connectivity index (χ0n) is 15.3. The van der Waals surface area contributed by atoms with Gasteiger partial charge < -0.3 is 9.80 Å². The summed E-state index contributed by atoms with van der Waals surface area (Å²) in [5.41, 5.74) is 1.11. The van der Waals surface area contributed by atoms with E-state index in [9.17, 15) is 13.2 Å². The number of anilines is 1. The highest BCUT2D eigenvalue weighted by Gasteiger charge is 2.29. The molecule has 1 fully saturated rings. The van der Waals surface area contributed by atoms with Crippen LogP contribution in [0.1, 0.15) is 6.92 Å². The van der Waals surface area contributed by atoms with Crippen molar-refractivity contribution in [1.82, 2.24) is 9.62 Å².